The van der Waals surface area contributed by atoms with E-state index in [2.05, 4.69) is 13.2 Å². The molecule has 2 aromatic rings. The average molecular weight is 377 g/mol. The summed E-state index contributed by atoms with van der Waals surface area (Å²) in [5.41, 5.74) is 3.57. The molecular weight excluding hydrogens is 348 g/mol. The lowest BCUT2D eigenvalue weighted by molar-refractivity contribution is -0.112. The highest BCUT2D eigenvalue weighted by Crippen LogP contribution is 2.23. The van der Waals surface area contributed by atoms with Crippen LogP contribution in [0.15, 0.2) is 55.2 Å². The molecular formula is C24H28N2O2. The number of benzene rings is 2. The molecule has 0 saturated heterocycles. The van der Waals surface area contributed by atoms with E-state index in [9.17, 15) is 9.59 Å². The fourth-order valence-corrected chi connectivity index (χ4v) is 3.27. The third-order valence-corrected chi connectivity index (χ3v) is 4.60. The van der Waals surface area contributed by atoms with Crippen LogP contribution >= 0.6 is 0 Å². The molecule has 0 fully saturated rings. The first-order chi connectivity index (χ1) is 13.2. The molecule has 2 aromatic carbocycles. The Morgan fingerprint density at radius 3 is 2.00 bits per heavy atom. The van der Waals surface area contributed by atoms with E-state index < -0.39 is 0 Å². The van der Waals surface area contributed by atoms with Gasteiger partial charge in [-0.3, -0.25) is 9.69 Å². The van der Waals surface area contributed by atoms with Gasteiger partial charge in [-0.15, -0.1) is 0 Å². The minimum atomic E-state index is -0.159. The average Bonchev–Trinajstić information content (AvgIpc) is 2.63. The van der Waals surface area contributed by atoms with Gasteiger partial charge in [0.1, 0.15) is 0 Å². The summed E-state index contributed by atoms with van der Waals surface area (Å²) in [5, 5.41) is 1.73. The van der Waals surface area contributed by atoms with Crippen molar-refractivity contribution < 1.29 is 9.59 Å². The maximum Gasteiger partial charge on any atom is 0.328 e. The predicted octanol–water partition coefficient (Wildman–Crippen LogP) is 3.79. The van der Waals surface area contributed by atoms with Crippen molar-refractivity contribution in [3.8, 4) is 11.1 Å². The lowest BCUT2D eigenvalue weighted by Crippen LogP contribution is -2.35. The van der Waals surface area contributed by atoms with E-state index in [4.69, 9.17) is 0 Å². The number of anilines is 1. The third-order valence-electron chi connectivity index (χ3n) is 4.60. The molecule has 28 heavy (non-hydrogen) atoms. The molecule has 0 aliphatic heterocycles. The molecule has 0 spiro atoms. The number of carbonyl (C=O) groups excluding carboxylic acids is 2. The van der Waals surface area contributed by atoms with Gasteiger partial charge in [-0.2, -0.15) is 0 Å². The van der Waals surface area contributed by atoms with Gasteiger partial charge in [0.25, 0.3) is 0 Å². The van der Waals surface area contributed by atoms with Crippen LogP contribution in [0, 0.1) is 5.92 Å². The Balaban J connectivity index is 2.45. The molecule has 0 aromatic heterocycles. The van der Waals surface area contributed by atoms with E-state index in [1.165, 1.54) is 16.0 Å². The number of rotatable bonds is 5. The summed E-state index contributed by atoms with van der Waals surface area (Å²) in [6, 6.07) is 13.5. The number of ketones is 1. The van der Waals surface area contributed by atoms with Crippen molar-refractivity contribution in [1.29, 1.82) is 0 Å². The molecule has 0 atom stereocenters. The predicted molar refractivity (Wildman–Crippen MR) is 117 cm³/mol. The van der Waals surface area contributed by atoms with Crippen molar-refractivity contribution >= 4 is 29.7 Å². The summed E-state index contributed by atoms with van der Waals surface area (Å²) in [6.07, 6.45) is 1.51. The maximum absolute atomic E-state index is 12.2. The Hall–Kier alpha value is -3.14. The van der Waals surface area contributed by atoms with Crippen LogP contribution < -0.4 is 15.3 Å². The van der Waals surface area contributed by atoms with Gasteiger partial charge in [-0.05, 0) is 52.6 Å². The van der Waals surface area contributed by atoms with E-state index in [-0.39, 0.29) is 17.7 Å². The lowest BCUT2D eigenvalue weighted by atomic mass is 9.94. The summed E-state index contributed by atoms with van der Waals surface area (Å²) < 4.78 is 0. The number of Topliss-reactive ketones (excluding diaryl/α,β-unsaturated/α-hetero) is 1. The quantitative estimate of drug-likeness (QED) is 0.797. The smallest absolute Gasteiger partial charge is 0.328 e. The van der Waals surface area contributed by atoms with E-state index in [1.54, 1.807) is 21.0 Å². The molecule has 2 amide bonds. The fraction of sp³-hybridized carbons (Fsp3) is 0.250. The Morgan fingerprint density at radius 2 is 1.57 bits per heavy atom. The molecule has 0 N–H and O–H groups in total. The maximum atomic E-state index is 12.2. The topological polar surface area (TPSA) is 40.6 Å². The van der Waals surface area contributed by atoms with Gasteiger partial charge in [0.2, 0.25) is 0 Å². The Bertz CT molecular complexity index is 1000. The van der Waals surface area contributed by atoms with Crippen LogP contribution in [-0.4, -0.2) is 30.8 Å². The molecule has 0 aliphatic rings. The van der Waals surface area contributed by atoms with Gasteiger partial charge in [-0.1, -0.05) is 51.3 Å². The fourth-order valence-electron chi connectivity index (χ4n) is 3.27. The molecule has 4 nitrogen and oxygen atoms in total. The van der Waals surface area contributed by atoms with Crippen molar-refractivity contribution in [3.05, 3.63) is 65.7 Å². The van der Waals surface area contributed by atoms with Crippen molar-refractivity contribution in [2.75, 3.05) is 19.0 Å². The third kappa shape index (κ3) is 4.39. The Labute approximate surface area is 167 Å². The Morgan fingerprint density at radius 1 is 1.00 bits per heavy atom. The van der Waals surface area contributed by atoms with Crippen LogP contribution in [0.2, 0.25) is 0 Å². The van der Waals surface area contributed by atoms with Crippen LogP contribution in [0.5, 0.6) is 0 Å². The minimum Gasteiger partial charge on any atom is -0.330 e. The van der Waals surface area contributed by atoms with Crippen LogP contribution in [0.25, 0.3) is 23.3 Å². The number of hydrogen-bond donors (Lipinski definition) is 0. The lowest BCUT2D eigenvalue weighted by Gasteiger charge is -2.22. The zero-order valence-corrected chi connectivity index (χ0v) is 17.3. The summed E-state index contributed by atoms with van der Waals surface area (Å²) in [7, 11) is 3.40. The van der Waals surface area contributed by atoms with Crippen molar-refractivity contribution in [2.24, 2.45) is 5.92 Å². The van der Waals surface area contributed by atoms with E-state index in [0.29, 0.717) is 0 Å². The van der Waals surface area contributed by atoms with Gasteiger partial charge in [0, 0.05) is 25.9 Å². The van der Waals surface area contributed by atoms with Gasteiger partial charge in [-0.25, -0.2) is 4.79 Å². The van der Waals surface area contributed by atoms with Gasteiger partial charge < -0.3 is 4.90 Å². The highest BCUT2D eigenvalue weighted by atomic mass is 16.2. The van der Waals surface area contributed by atoms with Crippen LogP contribution in [0.1, 0.15) is 20.8 Å². The number of hydrogen-bond acceptors (Lipinski definition) is 2. The number of amides is 2. The number of carbonyl (C=O) groups is 2. The molecule has 4 heteroatoms. The molecule has 0 aliphatic carbocycles. The highest BCUT2D eigenvalue weighted by Gasteiger charge is 2.14. The standard InChI is InChI=1S/C24H28N2O2/c1-8-26(24(28)25(6)7)21-12-9-19(10-13-21)20-11-14-22(17(4)15-20)23(16(2)3)18(5)27/h8-16H,1,4H2,2-3,5-7H3/b23-22+. The van der Waals surface area contributed by atoms with Crippen molar-refractivity contribution in [1.82, 2.24) is 4.90 Å². The summed E-state index contributed by atoms with van der Waals surface area (Å²) in [4.78, 5) is 27.2. The van der Waals surface area contributed by atoms with Crippen molar-refractivity contribution in [3.63, 3.8) is 0 Å². The van der Waals surface area contributed by atoms with E-state index in [0.717, 1.165) is 32.8 Å². The monoisotopic (exact) mass is 376 g/mol. The summed E-state index contributed by atoms with van der Waals surface area (Å²) >= 11 is 0. The van der Waals surface area contributed by atoms with E-state index in [1.807, 2.05) is 56.3 Å². The van der Waals surface area contributed by atoms with Crippen LogP contribution in [0.3, 0.4) is 0 Å². The molecule has 0 saturated carbocycles. The summed E-state index contributed by atoms with van der Waals surface area (Å²) in [5.74, 6) is 0.217. The first kappa shape index (κ1) is 21.2. The zero-order chi connectivity index (χ0) is 21.0. The Kier molecular flexibility index (Phi) is 6.57. The summed E-state index contributed by atoms with van der Waals surface area (Å²) in [6.45, 7) is 13.5. The largest absolute Gasteiger partial charge is 0.330 e. The first-order valence-electron chi connectivity index (χ1n) is 9.25. The van der Waals surface area contributed by atoms with Crippen molar-refractivity contribution in [2.45, 2.75) is 20.8 Å². The number of urea groups is 1. The molecule has 0 unspecified atom stereocenters. The van der Waals surface area contributed by atoms with Gasteiger partial charge in [0.05, 0.1) is 5.69 Å². The first-order valence-corrected chi connectivity index (χ1v) is 9.25. The highest BCUT2D eigenvalue weighted by molar-refractivity contribution is 6.13. The molecule has 0 heterocycles. The number of nitrogens with zero attached hydrogens (tertiary/aromatic N) is 2. The van der Waals surface area contributed by atoms with Gasteiger partial charge in [0.15, 0.2) is 5.78 Å². The second-order valence-electron chi connectivity index (χ2n) is 7.27. The zero-order valence-electron chi connectivity index (χ0n) is 17.3. The normalized spacial score (nSPS) is 11.8. The molecule has 0 radical (unpaired) electrons. The SMILES string of the molecule is C=CN(C(=O)N(C)C)c1ccc(-c2cc/c(=C(\C(C)=O)C(C)C)c(=C)c2)cc1. The van der Waals surface area contributed by atoms with E-state index >= 15 is 0 Å². The molecule has 146 valence electrons. The van der Waals surface area contributed by atoms with Gasteiger partial charge >= 0.3 is 6.03 Å². The second-order valence-corrected chi connectivity index (χ2v) is 7.27. The second kappa shape index (κ2) is 8.70. The minimum absolute atomic E-state index is 0.0760. The molecule has 0 bridgehead atoms. The van der Waals surface area contributed by atoms with Crippen LogP contribution in [-0.2, 0) is 4.79 Å². The van der Waals surface area contributed by atoms with Crippen LogP contribution in [0.4, 0.5) is 10.5 Å². The molecule has 2 rings (SSSR count).